The molecular formula is C12H9ClN2O5. The third-order valence-electron chi connectivity index (χ3n) is 2.94. The third kappa shape index (κ3) is 2.53. The van der Waals surface area contributed by atoms with Crippen molar-refractivity contribution in [1.29, 1.82) is 0 Å². The number of carbonyl (C=O) groups is 3. The quantitative estimate of drug-likeness (QED) is 0.389. The van der Waals surface area contributed by atoms with Crippen molar-refractivity contribution in [3.05, 3.63) is 38.9 Å². The van der Waals surface area contributed by atoms with Crippen LogP contribution in [0.25, 0.3) is 0 Å². The zero-order valence-corrected chi connectivity index (χ0v) is 10.8. The highest BCUT2D eigenvalue weighted by Crippen LogP contribution is 2.26. The molecule has 1 saturated heterocycles. The van der Waals surface area contributed by atoms with Crippen molar-refractivity contribution < 1.29 is 19.3 Å². The second-order valence-corrected chi connectivity index (χ2v) is 4.66. The van der Waals surface area contributed by atoms with Gasteiger partial charge in [-0.25, -0.2) is 0 Å². The number of ketones is 2. The molecule has 7 nitrogen and oxygen atoms in total. The third-order valence-corrected chi connectivity index (χ3v) is 3.17. The van der Waals surface area contributed by atoms with Crippen molar-refractivity contribution in [2.24, 2.45) is 5.92 Å². The summed E-state index contributed by atoms with van der Waals surface area (Å²) in [6.45, 7) is 0.171. The summed E-state index contributed by atoms with van der Waals surface area (Å²) in [6.07, 6.45) is 0.0313. The van der Waals surface area contributed by atoms with Crippen LogP contribution in [0.1, 0.15) is 16.8 Å². The SMILES string of the molecule is O=C1CCNC(=O)C1C(=O)c1ccc(Cl)cc1[N+](=O)[O-]. The molecule has 0 aromatic heterocycles. The summed E-state index contributed by atoms with van der Waals surface area (Å²) in [6, 6.07) is 3.46. The first kappa shape index (κ1) is 14.1. The summed E-state index contributed by atoms with van der Waals surface area (Å²) in [5, 5.41) is 13.4. The fraction of sp³-hybridized carbons (Fsp3) is 0.250. The van der Waals surface area contributed by atoms with Gasteiger partial charge < -0.3 is 5.32 Å². The van der Waals surface area contributed by atoms with Gasteiger partial charge in [0.05, 0.1) is 10.5 Å². The van der Waals surface area contributed by atoms with Gasteiger partial charge in [-0.2, -0.15) is 0 Å². The summed E-state index contributed by atoms with van der Waals surface area (Å²) >= 11 is 5.65. The number of rotatable bonds is 3. The number of nitrogens with zero attached hydrogens (tertiary/aromatic N) is 1. The number of nitro benzene ring substituents is 1. The van der Waals surface area contributed by atoms with Crippen LogP contribution in [-0.2, 0) is 9.59 Å². The van der Waals surface area contributed by atoms with E-state index in [1.807, 2.05) is 0 Å². The molecule has 20 heavy (non-hydrogen) atoms. The number of hydrogen-bond donors (Lipinski definition) is 1. The monoisotopic (exact) mass is 296 g/mol. The van der Waals surface area contributed by atoms with Crippen molar-refractivity contribution in [3.63, 3.8) is 0 Å². The first-order chi connectivity index (χ1) is 9.41. The van der Waals surface area contributed by atoms with Crippen LogP contribution >= 0.6 is 11.6 Å². The Hall–Kier alpha value is -2.28. The molecule has 104 valence electrons. The first-order valence-electron chi connectivity index (χ1n) is 5.70. The van der Waals surface area contributed by atoms with Gasteiger partial charge >= 0.3 is 0 Å². The van der Waals surface area contributed by atoms with Crippen LogP contribution in [0.15, 0.2) is 18.2 Å². The van der Waals surface area contributed by atoms with E-state index in [0.717, 1.165) is 12.1 Å². The molecule has 2 rings (SSSR count). The molecule has 0 aliphatic carbocycles. The molecule has 1 amide bonds. The lowest BCUT2D eigenvalue weighted by Crippen LogP contribution is -2.46. The number of nitro groups is 1. The summed E-state index contributed by atoms with van der Waals surface area (Å²) in [7, 11) is 0. The van der Waals surface area contributed by atoms with Crippen LogP contribution in [0.3, 0.4) is 0 Å². The van der Waals surface area contributed by atoms with Crippen molar-refractivity contribution in [1.82, 2.24) is 5.32 Å². The van der Waals surface area contributed by atoms with Gasteiger partial charge in [0.15, 0.2) is 17.5 Å². The van der Waals surface area contributed by atoms with Crippen LogP contribution in [0.4, 0.5) is 5.69 Å². The summed E-state index contributed by atoms with van der Waals surface area (Å²) in [5.41, 5.74) is -0.816. The minimum absolute atomic E-state index is 0.0313. The molecule has 0 radical (unpaired) electrons. The first-order valence-corrected chi connectivity index (χ1v) is 6.08. The molecule has 1 aliphatic heterocycles. The van der Waals surface area contributed by atoms with Crippen LogP contribution in [0.5, 0.6) is 0 Å². The van der Waals surface area contributed by atoms with Crippen LogP contribution in [0, 0.1) is 16.0 Å². The highest BCUT2D eigenvalue weighted by Gasteiger charge is 2.39. The van der Waals surface area contributed by atoms with E-state index in [4.69, 9.17) is 11.6 Å². The molecule has 0 spiro atoms. The maximum Gasteiger partial charge on any atom is 0.281 e. The van der Waals surface area contributed by atoms with E-state index in [0.29, 0.717) is 0 Å². The van der Waals surface area contributed by atoms with E-state index in [-0.39, 0.29) is 23.6 Å². The maximum absolute atomic E-state index is 12.2. The molecule has 1 heterocycles. The fourth-order valence-electron chi connectivity index (χ4n) is 1.99. The number of piperidine rings is 1. The van der Waals surface area contributed by atoms with Gasteiger partial charge in [0.25, 0.3) is 5.69 Å². The Morgan fingerprint density at radius 1 is 1.40 bits per heavy atom. The normalized spacial score (nSPS) is 18.6. The Morgan fingerprint density at radius 3 is 2.70 bits per heavy atom. The highest BCUT2D eigenvalue weighted by molar-refractivity contribution is 6.31. The predicted molar refractivity (Wildman–Crippen MR) is 68.6 cm³/mol. The van der Waals surface area contributed by atoms with Gasteiger partial charge in [-0.1, -0.05) is 11.6 Å². The van der Waals surface area contributed by atoms with Crippen molar-refractivity contribution in [3.8, 4) is 0 Å². The van der Waals surface area contributed by atoms with E-state index in [1.54, 1.807) is 0 Å². The van der Waals surface area contributed by atoms with Crippen molar-refractivity contribution >= 4 is 34.8 Å². The molecule has 8 heteroatoms. The standard InChI is InChI=1S/C12H9ClN2O5/c13-6-1-2-7(8(5-6)15(19)20)11(17)10-9(16)3-4-14-12(10)18/h1-2,5,10H,3-4H2,(H,14,18). The predicted octanol–water partition coefficient (Wildman–Crippen LogP) is 1.14. The highest BCUT2D eigenvalue weighted by atomic mass is 35.5. The van der Waals surface area contributed by atoms with Gasteiger partial charge in [0.1, 0.15) is 0 Å². The van der Waals surface area contributed by atoms with Crippen LogP contribution in [0.2, 0.25) is 5.02 Å². The van der Waals surface area contributed by atoms with E-state index in [9.17, 15) is 24.5 Å². The average Bonchev–Trinajstić information content (AvgIpc) is 2.38. The Kier molecular flexibility index (Phi) is 3.80. The van der Waals surface area contributed by atoms with Gasteiger partial charge in [-0.3, -0.25) is 24.5 Å². The van der Waals surface area contributed by atoms with Gasteiger partial charge in [0, 0.05) is 24.1 Å². The second kappa shape index (κ2) is 5.38. The molecule has 1 aliphatic rings. The van der Waals surface area contributed by atoms with E-state index < -0.39 is 34.0 Å². The fourth-order valence-corrected chi connectivity index (χ4v) is 2.15. The maximum atomic E-state index is 12.2. The topological polar surface area (TPSA) is 106 Å². The van der Waals surface area contributed by atoms with E-state index in [1.165, 1.54) is 6.07 Å². The average molecular weight is 297 g/mol. The Bertz CT molecular complexity index is 612. The lowest BCUT2D eigenvalue weighted by atomic mass is 9.88. The summed E-state index contributed by atoms with van der Waals surface area (Å²) in [4.78, 5) is 45.7. The lowest BCUT2D eigenvalue weighted by molar-refractivity contribution is -0.385. The number of nitrogens with one attached hydrogen (secondary N) is 1. The lowest BCUT2D eigenvalue weighted by Gasteiger charge is -2.19. The van der Waals surface area contributed by atoms with E-state index in [2.05, 4.69) is 5.32 Å². The van der Waals surface area contributed by atoms with Crippen molar-refractivity contribution in [2.75, 3.05) is 6.54 Å². The number of halogens is 1. The summed E-state index contributed by atoms with van der Waals surface area (Å²) in [5.74, 6) is -3.67. The molecule has 0 saturated carbocycles. The number of amides is 1. The minimum Gasteiger partial charge on any atom is -0.355 e. The Balaban J connectivity index is 2.45. The minimum atomic E-state index is -1.52. The molecular weight excluding hydrogens is 288 g/mol. The zero-order chi connectivity index (χ0) is 14.9. The van der Waals surface area contributed by atoms with Gasteiger partial charge in [0.2, 0.25) is 5.91 Å². The van der Waals surface area contributed by atoms with Gasteiger partial charge in [-0.05, 0) is 12.1 Å². The molecule has 1 aromatic rings. The Labute approximate surface area is 118 Å². The number of benzene rings is 1. The van der Waals surface area contributed by atoms with Gasteiger partial charge in [-0.15, -0.1) is 0 Å². The molecule has 0 bridgehead atoms. The molecule has 1 aromatic carbocycles. The summed E-state index contributed by atoms with van der Waals surface area (Å²) < 4.78 is 0. The number of Topliss-reactive ketones (excluding diaryl/α,β-unsaturated/α-hetero) is 2. The van der Waals surface area contributed by atoms with Crippen LogP contribution in [-0.4, -0.2) is 28.9 Å². The Morgan fingerprint density at radius 2 is 2.10 bits per heavy atom. The zero-order valence-electron chi connectivity index (χ0n) is 10.1. The molecule has 1 unspecified atom stereocenters. The van der Waals surface area contributed by atoms with E-state index >= 15 is 0 Å². The van der Waals surface area contributed by atoms with Crippen molar-refractivity contribution in [2.45, 2.75) is 6.42 Å². The largest absolute Gasteiger partial charge is 0.355 e. The molecule has 1 atom stereocenters. The number of carbonyl (C=O) groups excluding carboxylic acids is 3. The van der Waals surface area contributed by atoms with Crippen LogP contribution < -0.4 is 5.32 Å². The second-order valence-electron chi connectivity index (χ2n) is 4.22. The number of hydrogen-bond acceptors (Lipinski definition) is 5. The molecule has 1 fully saturated rings. The smallest absolute Gasteiger partial charge is 0.281 e. The molecule has 1 N–H and O–H groups in total.